The van der Waals surface area contributed by atoms with Crippen LogP contribution in [-0.4, -0.2) is 38.2 Å². The molecule has 0 amide bonds. The minimum atomic E-state index is -0.379. The molecular formula is C21H28ClFN2O2. The fourth-order valence-electron chi connectivity index (χ4n) is 2.77. The van der Waals surface area contributed by atoms with E-state index in [9.17, 15) is 4.39 Å². The molecular weight excluding hydrogens is 367 g/mol. The molecule has 6 heteroatoms. The number of benzene rings is 2. The number of hydrogen-bond acceptors (Lipinski definition) is 4. The van der Waals surface area contributed by atoms with Gasteiger partial charge >= 0.3 is 0 Å². The van der Waals surface area contributed by atoms with Crippen LogP contribution in [0.5, 0.6) is 11.5 Å². The Morgan fingerprint density at radius 1 is 1.11 bits per heavy atom. The number of methoxy groups -OCH3 is 1. The van der Waals surface area contributed by atoms with Gasteiger partial charge in [-0.15, -0.1) is 0 Å². The van der Waals surface area contributed by atoms with Gasteiger partial charge in [0.1, 0.15) is 12.4 Å². The van der Waals surface area contributed by atoms with Gasteiger partial charge in [-0.25, -0.2) is 4.39 Å². The highest BCUT2D eigenvalue weighted by molar-refractivity contribution is 6.31. The summed E-state index contributed by atoms with van der Waals surface area (Å²) in [5.41, 5.74) is 1.44. The van der Waals surface area contributed by atoms with Crippen molar-refractivity contribution < 1.29 is 13.9 Å². The van der Waals surface area contributed by atoms with Crippen molar-refractivity contribution in [1.29, 1.82) is 0 Å². The third-order valence-electron chi connectivity index (χ3n) is 4.49. The Kier molecular flexibility index (Phi) is 8.85. The van der Waals surface area contributed by atoms with Crippen molar-refractivity contribution in [3.8, 4) is 11.5 Å². The van der Waals surface area contributed by atoms with Gasteiger partial charge in [0.25, 0.3) is 0 Å². The van der Waals surface area contributed by atoms with E-state index in [4.69, 9.17) is 21.1 Å². The van der Waals surface area contributed by atoms with E-state index in [1.54, 1.807) is 19.2 Å². The summed E-state index contributed by atoms with van der Waals surface area (Å²) in [5.74, 6) is 0.796. The van der Waals surface area contributed by atoms with Crippen LogP contribution >= 0.6 is 11.6 Å². The maximum atomic E-state index is 13.9. The lowest BCUT2D eigenvalue weighted by molar-refractivity contribution is 0.279. The highest BCUT2D eigenvalue weighted by Gasteiger charge is 2.11. The molecule has 2 rings (SSSR count). The SMILES string of the molecule is CCN(CC)CCNCc1ccc(OCc2c(F)cccc2Cl)c(OC)c1. The van der Waals surface area contributed by atoms with Crippen LogP contribution in [0.2, 0.25) is 5.02 Å². The number of nitrogens with zero attached hydrogens (tertiary/aromatic N) is 1. The number of nitrogens with one attached hydrogen (secondary N) is 1. The summed E-state index contributed by atoms with van der Waals surface area (Å²) in [6.45, 7) is 9.19. The lowest BCUT2D eigenvalue weighted by atomic mass is 10.2. The number of hydrogen-bond donors (Lipinski definition) is 1. The monoisotopic (exact) mass is 394 g/mol. The molecule has 2 aromatic rings. The molecule has 1 N–H and O–H groups in total. The van der Waals surface area contributed by atoms with Gasteiger partial charge in [-0.2, -0.15) is 0 Å². The third-order valence-corrected chi connectivity index (χ3v) is 4.84. The molecule has 0 bridgehead atoms. The zero-order valence-corrected chi connectivity index (χ0v) is 17.0. The van der Waals surface area contributed by atoms with Crippen LogP contribution in [-0.2, 0) is 13.2 Å². The van der Waals surface area contributed by atoms with Crippen molar-refractivity contribution >= 4 is 11.6 Å². The molecule has 0 aliphatic rings. The summed E-state index contributed by atoms with van der Waals surface area (Å²) >= 11 is 6.05. The van der Waals surface area contributed by atoms with Gasteiger partial charge in [-0.3, -0.25) is 0 Å². The summed E-state index contributed by atoms with van der Waals surface area (Å²) in [6.07, 6.45) is 0. The van der Waals surface area contributed by atoms with E-state index in [1.165, 1.54) is 6.07 Å². The van der Waals surface area contributed by atoms with Crippen molar-refractivity contribution in [3.63, 3.8) is 0 Å². The molecule has 148 valence electrons. The lowest BCUT2D eigenvalue weighted by Gasteiger charge is -2.18. The van der Waals surface area contributed by atoms with Crippen LogP contribution in [0.1, 0.15) is 25.0 Å². The Morgan fingerprint density at radius 2 is 1.89 bits per heavy atom. The molecule has 0 fully saturated rings. The van der Waals surface area contributed by atoms with Crippen LogP contribution < -0.4 is 14.8 Å². The van der Waals surface area contributed by atoms with E-state index in [-0.39, 0.29) is 12.4 Å². The van der Waals surface area contributed by atoms with Crippen molar-refractivity contribution in [2.45, 2.75) is 27.0 Å². The molecule has 0 aliphatic heterocycles. The van der Waals surface area contributed by atoms with E-state index in [2.05, 4.69) is 24.1 Å². The summed E-state index contributed by atoms with van der Waals surface area (Å²) in [6, 6.07) is 10.3. The predicted octanol–water partition coefficient (Wildman–Crippen LogP) is 4.50. The molecule has 0 unspecified atom stereocenters. The molecule has 0 radical (unpaired) electrons. The zero-order chi connectivity index (χ0) is 19.6. The summed E-state index contributed by atoms with van der Waals surface area (Å²) < 4.78 is 25.0. The molecule has 0 spiro atoms. The second-order valence-corrected chi connectivity index (χ2v) is 6.58. The average molecular weight is 395 g/mol. The third kappa shape index (κ3) is 6.38. The minimum absolute atomic E-state index is 0.0450. The van der Waals surface area contributed by atoms with Crippen molar-refractivity contribution in [3.05, 3.63) is 58.4 Å². The first-order valence-corrected chi connectivity index (χ1v) is 9.62. The molecule has 27 heavy (non-hydrogen) atoms. The summed E-state index contributed by atoms with van der Waals surface area (Å²) in [7, 11) is 1.59. The average Bonchev–Trinajstić information content (AvgIpc) is 2.68. The Morgan fingerprint density at radius 3 is 2.56 bits per heavy atom. The lowest BCUT2D eigenvalue weighted by Crippen LogP contribution is -2.31. The Balaban J connectivity index is 1.93. The summed E-state index contributed by atoms with van der Waals surface area (Å²) in [4.78, 5) is 2.37. The fourth-order valence-corrected chi connectivity index (χ4v) is 2.99. The van der Waals surface area contributed by atoms with Crippen molar-refractivity contribution in [2.24, 2.45) is 0 Å². The Labute approximate surface area is 166 Å². The van der Waals surface area contributed by atoms with E-state index in [0.29, 0.717) is 22.1 Å². The molecule has 0 aromatic heterocycles. The number of halogens is 2. The maximum absolute atomic E-state index is 13.9. The molecule has 0 aliphatic carbocycles. The van der Waals surface area contributed by atoms with Gasteiger partial charge in [0, 0.05) is 25.2 Å². The quantitative estimate of drug-likeness (QED) is 0.569. The van der Waals surface area contributed by atoms with E-state index >= 15 is 0 Å². The van der Waals surface area contributed by atoms with Gasteiger partial charge in [-0.1, -0.05) is 37.6 Å². The Bertz CT molecular complexity index is 703. The van der Waals surface area contributed by atoms with Gasteiger partial charge in [0.15, 0.2) is 11.5 Å². The highest BCUT2D eigenvalue weighted by atomic mass is 35.5. The standard InChI is InChI=1S/C21H28ClFN2O2/c1-4-25(5-2)12-11-24-14-16-9-10-20(21(13-16)26-3)27-15-17-18(22)7-6-8-19(17)23/h6-10,13,24H,4-5,11-12,14-15H2,1-3H3. The van der Waals surface area contributed by atoms with E-state index in [1.807, 2.05) is 18.2 Å². The minimum Gasteiger partial charge on any atom is -0.493 e. The van der Waals surface area contributed by atoms with Gasteiger partial charge in [0.2, 0.25) is 0 Å². The number of likely N-dealkylation sites (N-methyl/N-ethyl adjacent to an activating group) is 1. The molecule has 2 aromatic carbocycles. The summed E-state index contributed by atoms with van der Waals surface area (Å²) in [5, 5.41) is 3.79. The van der Waals surface area contributed by atoms with Crippen molar-refractivity contribution in [2.75, 3.05) is 33.3 Å². The van der Waals surface area contributed by atoms with Crippen molar-refractivity contribution in [1.82, 2.24) is 10.2 Å². The zero-order valence-electron chi connectivity index (χ0n) is 16.2. The first-order chi connectivity index (χ1) is 13.1. The van der Waals surface area contributed by atoms with Crippen LogP contribution in [0.15, 0.2) is 36.4 Å². The van der Waals surface area contributed by atoms with Crippen LogP contribution in [0, 0.1) is 5.82 Å². The molecule has 4 nitrogen and oxygen atoms in total. The normalized spacial score (nSPS) is 11.0. The van der Waals surface area contributed by atoms with Gasteiger partial charge in [0.05, 0.1) is 12.1 Å². The first kappa shape index (κ1) is 21.5. The van der Waals surface area contributed by atoms with Gasteiger partial charge in [-0.05, 0) is 42.9 Å². The second kappa shape index (κ2) is 11.1. The Hall–Kier alpha value is -1.82. The maximum Gasteiger partial charge on any atom is 0.161 e. The highest BCUT2D eigenvalue weighted by Crippen LogP contribution is 2.30. The molecule has 0 saturated heterocycles. The number of ether oxygens (including phenoxy) is 2. The molecule has 0 atom stereocenters. The second-order valence-electron chi connectivity index (χ2n) is 6.18. The smallest absolute Gasteiger partial charge is 0.161 e. The topological polar surface area (TPSA) is 33.7 Å². The van der Waals surface area contributed by atoms with E-state index < -0.39 is 0 Å². The first-order valence-electron chi connectivity index (χ1n) is 9.24. The van der Waals surface area contributed by atoms with E-state index in [0.717, 1.165) is 38.3 Å². The van der Waals surface area contributed by atoms with Crippen LogP contribution in [0.4, 0.5) is 4.39 Å². The fraction of sp³-hybridized carbons (Fsp3) is 0.429. The van der Waals surface area contributed by atoms with Gasteiger partial charge < -0.3 is 19.7 Å². The predicted molar refractivity (Wildman–Crippen MR) is 108 cm³/mol. The van der Waals surface area contributed by atoms with Crippen LogP contribution in [0.25, 0.3) is 0 Å². The largest absolute Gasteiger partial charge is 0.493 e. The number of rotatable bonds is 11. The molecule has 0 heterocycles. The molecule has 0 saturated carbocycles. The van der Waals surface area contributed by atoms with Crippen LogP contribution in [0.3, 0.4) is 0 Å².